The van der Waals surface area contributed by atoms with Gasteiger partial charge in [0.15, 0.2) is 0 Å². The summed E-state index contributed by atoms with van der Waals surface area (Å²) in [5, 5.41) is 3.63. The number of para-hydroxylation sites is 2. The van der Waals surface area contributed by atoms with Crippen LogP contribution in [-0.4, -0.2) is 31.5 Å². The van der Waals surface area contributed by atoms with Gasteiger partial charge in [0.25, 0.3) is 0 Å². The molecular weight excluding hydrogens is 364 g/mol. The normalized spacial score (nSPS) is 16.4. The summed E-state index contributed by atoms with van der Waals surface area (Å²) in [5.41, 5.74) is 1.83. The molecule has 5 nitrogen and oxygen atoms in total. The van der Waals surface area contributed by atoms with Gasteiger partial charge in [0.1, 0.15) is 5.75 Å². The van der Waals surface area contributed by atoms with Gasteiger partial charge in [-0.15, -0.1) is 0 Å². The number of benzene rings is 2. The Morgan fingerprint density at radius 1 is 1.22 bits per heavy atom. The molecule has 6 heteroatoms. The summed E-state index contributed by atoms with van der Waals surface area (Å²) in [5.74, 6) is 0.170. The standard InChI is InChI=1S/C21H23ClN2O3/c1-2-27-19-6-4-3-5-18(19)24-14-16(13-20(24)25)21(26)23-12-11-15-7-9-17(22)10-8-15/h3-10,16H,2,11-14H2,1H3,(H,23,26)/t16-/m0/s1. The monoisotopic (exact) mass is 386 g/mol. The highest BCUT2D eigenvalue weighted by atomic mass is 35.5. The van der Waals surface area contributed by atoms with Crippen LogP contribution in [0.5, 0.6) is 5.75 Å². The first-order valence-corrected chi connectivity index (χ1v) is 9.50. The third-order valence-corrected chi connectivity index (χ3v) is 4.83. The Bertz CT molecular complexity index is 807. The fourth-order valence-electron chi connectivity index (χ4n) is 3.20. The summed E-state index contributed by atoms with van der Waals surface area (Å²) >= 11 is 5.88. The lowest BCUT2D eigenvalue weighted by molar-refractivity contribution is -0.126. The number of ether oxygens (including phenoxy) is 1. The van der Waals surface area contributed by atoms with Crippen molar-refractivity contribution in [3.8, 4) is 5.75 Å². The highest BCUT2D eigenvalue weighted by Gasteiger charge is 2.36. The second-order valence-electron chi connectivity index (χ2n) is 6.47. The molecule has 0 unspecified atom stereocenters. The number of hydrogen-bond acceptors (Lipinski definition) is 3. The summed E-state index contributed by atoms with van der Waals surface area (Å²) in [6.45, 7) is 3.32. The lowest BCUT2D eigenvalue weighted by Crippen LogP contribution is -2.34. The number of halogens is 1. The van der Waals surface area contributed by atoms with E-state index in [0.717, 1.165) is 17.7 Å². The molecule has 2 aromatic carbocycles. The van der Waals surface area contributed by atoms with Gasteiger partial charge in [-0.3, -0.25) is 9.59 Å². The Kier molecular flexibility index (Phi) is 6.35. The zero-order chi connectivity index (χ0) is 19.2. The van der Waals surface area contributed by atoms with Gasteiger partial charge in [0.05, 0.1) is 18.2 Å². The van der Waals surface area contributed by atoms with Crippen LogP contribution in [0.2, 0.25) is 5.02 Å². The number of carbonyl (C=O) groups excluding carboxylic acids is 2. The number of nitrogens with zero attached hydrogens (tertiary/aromatic N) is 1. The average molecular weight is 387 g/mol. The predicted octanol–water partition coefficient (Wildman–Crippen LogP) is 3.45. The van der Waals surface area contributed by atoms with E-state index in [1.54, 1.807) is 4.90 Å². The van der Waals surface area contributed by atoms with Crippen molar-refractivity contribution >= 4 is 29.1 Å². The van der Waals surface area contributed by atoms with Crippen molar-refractivity contribution < 1.29 is 14.3 Å². The van der Waals surface area contributed by atoms with Crippen LogP contribution in [0.25, 0.3) is 0 Å². The molecule has 1 N–H and O–H groups in total. The van der Waals surface area contributed by atoms with Gasteiger partial charge in [0, 0.05) is 24.5 Å². The highest BCUT2D eigenvalue weighted by molar-refractivity contribution is 6.30. The van der Waals surface area contributed by atoms with Gasteiger partial charge in [-0.1, -0.05) is 35.9 Å². The molecule has 1 aliphatic rings. The molecule has 1 aliphatic heterocycles. The van der Waals surface area contributed by atoms with Gasteiger partial charge in [-0.05, 0) is 43.2 Å². The Morgan fingerprint density at radius 2 is 1.96 bits per heavy atom. The van der Waals surface area contributed by atoms with E-state index in [2.05, 4.69) is 5.32 Å². The first-order chi connectivity index (χ1) is 13.1. The van der Waals surface area contributed by atoms with Crippen LogP contribution in [0.1, 0.15) is 18.9 Å². The Hall–Kier alpha value is -2.53. The van der Waals surface area contributed by atoms with E-state index in [4.69, 9.17) is 16.3 Å². The van der Waals surface area contributed by atoms with Crippen LogP contribution in [0.15, 0.2) is 48.5 Å². The third kappa shape index (κ3) is 4.80. The molecule has 1 fully saturated rings. The van der Waals surface area contributed by atoms with Crippen molar-refractivity contribution in [1.82, 2.24) is 5.32 Å². The van der Waals surface area contributed by atoms with E-state index in [1.807, 2.05) is 55.5 Å². The minimum absolute atomic E-state index is 0.0556. The summed E-state index contributed by atoms with van der Waals surface area (Å²) < 4.78 is 5.61. The fourth-order valence-corrected chi connectivity index (χ4v) is 3.33. The van der Waals surface area contributed by atoms with Crippen LogP contribution in [0, 0.1) is 5.92 Å². The van der Waals surface area contributed by atoms with Crippen LogP contribution in [0.4, 0.5) is 5.69 Å². The zero-order valence-electron chi connectivity index (χ0n) is 15.3. The third-order valence-electron chi connectivity index (χ3n) is 4.58. The van der Waals surface area contributed by atoms with Crippen molar-refractivity contribution in [1.29, 1.82) is 0 Å². The summed E-state index contributed by atoms with van der Waals surface area (Å²) in [4.78, 5) is 26.6. The zero-order valence-corrected chi connectivity index (χ0v) is 16.0. The number of anilines is 1. The lowest BCUT2D eigenvalue weighted by Gasteiger charge is -2.20. The fraction of sp³-hybridized carbons (Fsp3) is 0.333. The van der Waals surface area contributed by atoms with Gasteiger partial charge < -0.3 is 15.0 Å². The molecule has 0 spiro atoms. The molecule has 1 atom stereocenters. The highest BCUT2D eigenvalue weighted by Crippen LogP contribution is 2.33. The molecule has 2 amide bonds. The molecule has 142 valence electrons. The maximum atomic E-state index is 12.5. The average Bonchev–Trinajstić information content (AvgIpc) is 3.06. The van der Waals surface area contributed by atoms with Gasteiger partial charge in [-0.2, -0.15) is 0 Å². The maximum Gasteiger partial charge on any atom is 0.227 e. The first-order valence-electron chi connectivity index (χ1n) is 9.13. The second kappa shape index (κ2) is 8.91. The number of carbonyl (C=O) groups is 2. The van der Waals surface area contributed by atoms with Gasteiger partial charge in [-0.25, -0.2) is 0 Å². The van der Waals surface area contributed by atoms with E-state index in [0.29, 0.717) is 30.5 Å². The molecule has 0 bridgehead atoms. The van der Waals surface area contributed by atoms with Crippen molar-refractivity contribution in [2.45, 2.75) is 19.8 Å². The minimum atomic E-state index is -0.350. The van der Waals surface area contributed by atoms with Crippen LogP contribution in [-0.2, 0) is 16.0 Å². The Labute approximate surface area is 164 Å². The summed E-state index contributed by atoms with van der Waals surface area (Å²) in [6.07, 6.45) is 0.938. The van der Waals surface area contributed by atoms with Gasteiger partial charge >= 0.3 is 0 Å². The summed E-state index contributed by atoms with van der Waals surface area (Å²) in [6, 6.07) is 15.0. The first kappa shape index (κ1) is 19.2. The van der Waals surface area contributed by atoms with Crippen molar-refractivity contribution in [3.05, 3.63) is 59.1 Å². The Balaban J connectivity index is 1.56. The summed E-state index contributed by atoms with van der Waals surface area (Å²) in [7, 11) is 0. The van der Waals surface area contributed by atoms with E-state index in [9.17, 15) is 9.59 Å². The van der Waals surface area contributed by atoms with E-state index in [1.165, 1.54) is 0 Å². The number of rotatable bonds is 7. The number of amides is 2. The van der Waals surface area contributed by atoms with Gasteiger partial charge in [0.2, 0.25) is 11.8 Å². The molecular formula is C21H23ClN2O3. The Morgan fingerprint density at radius 3 is 2.70 bits per heavy atom. The number of nitrogens with one attached hydrogen (secondary N) is 1. The molecule has 1 saturated heterocycles. The van der Waals surface area contributed by atoms with Crippen molar-refractivity contribution in [3.63, 3.8) is 0 Å². The van der Waals surface area contributed by atoms with E-state index >= 15 is 0 Å². The van der Waals surface area contributed by atoms with Crippen LogP contribution >= 0.6 is 11.6 Å². The van der Waals surface area contributed by atoms with E-state index in [-0.39, 0.29) is 24.2 Å². The predicted molar refractivity (Wildman–Crippen MR) is 106 cm³/mol. The molecule has 0 saturated carbocycles. The lowest BCUT2D eigenvalue weighted by atomic mass is 10.1. The smallest absolute Gasteiger partial charge is 0.227 e. The molecule has 0 aromatic heterocycles. The van der Waals surface area contributed by atoms with E-state index < -0.39 is 0 Å². The maximum absolute atomic E-state index is 12.5. The second-order valence-corrected chi connectivity index (χ2v) is 6.91. The largest absolute Gasteiger partial charge is 0.492 e. The topological polar surface area (TPSA) is 58.6 Å². The SMILES string of the molecule is CCOc1ccccc1N1C[C@@H](C(=O)NCCc2ccc(Cl)cc2)CC1=O. The van der Waals surface area contributed by atoms with Crippen LogP contribution < -0.4 is 15.0 Å². The molecule has 1 heterocycles. The molecule has 27 heavy (non-hydrogen) atoms. The minimum Gasteiger partial charge on any atom is -0.492 e. The van der Waals surface area contributed by atoms with Crippen molar-refractivity contribution in [2.75, 3.05) is 24.6 Å². The van der Waals surface area contributed by atoms with Crippen LogP contribution in [0.3, 0.4) is 0 Å². The molecule has 3 rings (SSSR count). The van der Waals surface area contributed by atoms with Crippen molar-refractivity contribution in [2.24, 2.45) is 5.92 Å². The molecule has 0 aliphatic carbocycles. The number of hydrogen-bond donors (Lipinski definition) is 1. The molecule has 2 aromatic rings. The quantitative estimate of drug-likeness (QED) is 0.792. The molecule has 0 radical (unpaired) electrons.